The zero-order chi connectivity index (χ0) is 17.2. The molecular weight excluding hydrogens is 416 g/mol. The van der Waals surface area contributed by atoms with Crippen molar-refractivity contribution >= 4 is 43.2 Å². The first-order chi connectivity index (χ1) is 11.4. The molecule has 2 aromatic rings. The highest BCUT2D eigenvalue weighted by Gasteiger charge is 2.18. The number of ether oxygens (including phenoxy) is 1. The van der Waals surface area contributed by atoms with E-state index < -0.39 is 10.0 Å². The van der Waals surface area contributed by atoms with Gasteiger partial charge >= 0.3 is 0 Å². The quantitative estimate of drug-likeness (QED) is 0.776. The van der Waals surface area contributed by atoms with Gasteiger partial charge in [-0.05, 0) is 41.1 Å². The van der Waals surface area contributed by atoms with Gasteiger partial charge in [0.1, 0.15) is 4.21 Å². The molecule has 130 valence electrons. The monoisotopic (exact) mass is 432 g/mol. The Morgan fingerprint density at radius 1 is 1.33 bits per heavy atom. The lowest BCUT2D eigenvalue weighted by atomic mass is 10.3. The number of aryl methyl sites for hydroxylation is 1. The summed E-state index contributed by atoms with van der Waals surface area (Å²) in [5.41, 5.74) is 1.45. The van der Waals surface area contributed by atoms with Crippen molar-refractivity contribution in [3.8, 4) is 0 Å². The molecule has 1 saturated heterocycles. The average molecular weight is 433 g/mol. The van der Waals surface area contributed by atoms with Gasteiger partial charge in [0.2, 0.25) is 16.0 Å². The second-order valence-corrected chi connectivity index (χ2v) is 9.74. The van der Waals surface area contributed by atoms with Crippen LogP contribution in [0.3, 0.4) is 0 Å². The standard InChI is InChI=1S/C14H17BrN4O3S2/c1-10-8-11(18-14(17-10)19-4-6-22-7-5-19)9-16-24(20,21)13-3-2-12(15)23-13/h2-3,8,16H,4-7,9H2,1H3. The first kappa shape index (κ1) is 17.7. The van der Waals surface area contributed by atoms with E-state index in [-0.39, 0.29) is 10.8 Å². The molecule has 0 bridgehead atoms. The van der Waals surface area contributed by atoms with Crippen LogP contribution in [-0.4, -0.2) is 44.7 Å². The van der Waals surface area contributed by atoms with Crippen molar-refractivity contribution < 1.29 is 13.2 Å². The number of nitrogens with one attached hydrogen (secondary N) is 1. The van der Waals surface area contributed by atoms with Crippen LogP contribution in [0.5, 0.6) is 0 Å². The van der Waals surface area contributed by atoms with Crippen LogP contribution in [0.1, 0.15) is 11.4 Å². The van der Waals surface area contributed by atoms with Crippen molar-refractivity contribution in [3.63, 3.8) is 0 Å². The minimum Gasteiger partial charge on any atom is -0.378 e. The normalized spacial score (nSPS) is 15.7. The van der Waals surface area contributed by atoms with Crippen LogP contribution in [0.15, 0.2) is 26.2 Å². The molecule has 0 amide bonds. The highest BCUT2D eigenvalue weighted by molar-refractivity contribution is 9.11. The average Bonchev–Trinajstić information content (AvgIpc) is 3.01. The highest BCUT2D eigenvalue weighted by atomic mass is 79.9. The zero-order valence-corrected chi connectivity index (χ0v) is 16.2. The Labute approximate surface area is 153 Å². The summed E-state index contributed by atoms with van der Waals surface area (Å²) in [6, 6.07) is 5.07. The fourth-order valence-corrected chi connectivity index (χ4v) is 5.35. The molecule has 1 fully saturated rings. The molecule has 1 N–H and O–H groups in total. The fourth-order valence-electron chi connectivity index (χ4n) is 2.29. The van der Waals surface area contributed by atoms with Gasteiger partial charge in [-0.3, -0.25) is 0 Å². The van der Waals surface area contributed by atoms with Gasteiger partial charge in [0, 0.05) is 18.8 Å². The van der Waals surface area contributed by atoms with Gasteiger partial charge in [-0.25, -0.2) is 23.1 Å². The topological polar surface area (TPSA) is 84.4 Å². The van der Waals surface area contributed by atoms with Gasteiger partial charge in [0.25, 0.3) is 0 Å². The maximum absolute atomic E-state index is 12.3. The first-order valence-corrected chi connectivity index (χ1v) is 10.5. The first-order valence-electron chi connectivity index (χ1n) is 7.36. The van der Waals surface area contributed by atoms with Gasteiger partial charge in [-0.2, -0.15) is 0 Å². The molecule has 0 radical (unpaired) electrons. The van der Waals surface area contributed by atoms with Crippen molar-refractivity contribution in [3.05, 3.63) is 33.4 Å². The van der Waals surface area contributed by atoms with E-state index in [9.17, 15) is 8.42 Å². The van der Waals surface area contributed by atoms with E-state index >= 15 is 0 Å². The van der Waals surface area contributed by atoms with Gasteiger partial charge in [-0.15, -0.1) is 11.3 Å². The second kappa shape index (κ2) is 7.44. The van der Waals surface area contributed by atoms with Gasteiger partial charge in [-0.1, -0.05) is 0 Å². The van der Waals surface area contributed by atoms with E-state index in [4.69, 9.17) is 4.74 Å². The maximum Gasteiger partial charge on any atom is 0.250 e. The molecule has 10 heteroatoms. The summed E-state index contributed by atoms with van der Waals surface area (Å²) < 4.78 is 33.6. The number of nitrogens with zero attached hydrogens (tertiary/aromatic N) is 3. The Balaban J connectivity index is 1.74. The van der Waals surface area contributed by atoms with E-state index in [1.165, 1.54) is 11.3 Å². The van der Waals surface area contributed by atoms with E-state index in [0.717, 1.165) is 22.6 Å². The highest BCUT2D eigenvalue weighted by Crippen LogP contribution is 2.26. The van der Waals surface area contributed by atoms with E-state index in [1.54, 1.807) is 18.2 Å². The van der Waals surface area contributed by atoms with Crippen LogP contribution in [-0.2, 0) is 21.3 Å². The van der Waals surface area contributed by atoms with E-state index in [2.05, 4.69) is 30.6 Å². The summed E-state index contributed by atoms with van der Waals surface area (Å²) in [5, 5.41) is 0. The molecule has 0 aliphatic carbocycles. The van der Waals surface area contributed by atoms with Crippen LogP contribution in [0.4, 0.5) is 5.95 Å². The SMILES string of the molecule is Cc1cc(CNS(=O)(=O)c2ccc(Br)s2)nc(N2CCOCC2)n1. The number of thiophene rings is 1. The zero-order valence-electron chi connectivity index (χ0n) is 13.0. The summed E-state index contributed by atoms with van der Waals surface area (Å²) in [7, 11) is -3.54. The predicted octanol–water partition coefficient (Wildman–Crippen LogP) is 1.92. The number of aromatic nitrogens is 2. The summed E-state index contributed by atoms with van der Waals surface area (Å²) in [5.74, 6) is 0.617. The predicted molar refractivity (Wildman–Crippen MR) is 95.8 cm³/mol. The third-order valence-corrected chi connectivity index (χ3v) is 6.96. The Kier molecular flexibility index (Phi) is 5.50. The molecule has 3 rings (SSSR count). The third kappa shape index (κ3) is 4.31. The molecule has 0 aromatic carbocycles. The molecule has 7 nitrogen and oxygen atoms in total. The molecule has 0 atom stereocenters. The minimum absolute atomic E-state index is 0.124. The largest absolute Gasteiger partial charge is 0.378 e. The van der Waals surface area contributed by atoms with Gasteiger partial charge in [0.15, 0.2) is 0 Å². The summed E-state index contributed by atoms with van der Waals surface area (Å²) in [6.07, 6.45) is 0. The molecule has 0 saturated carbocycles. The van der Waals surface area contributed by atoms with Gasteiger partial charge < -0.3 is 9.64 Å². The van der Waals surface area contributed by atoms with Crippen molar-refractivity contribution in [1.29, 1.82) is 0 Å². The van der Waals surface area contributed by atoms with Crippen LogP contribution in [0, 0.1) is 6.92 Å². The summed E-state index contributed by atoms with van der Waals surface area (Å²) in [4.78, 5) is 11.0. The third-order valence-electron chi connectivity index (χ3n) is 3.45. The molecule has 3 heterocycles. The molecule has 0 unspecified atom stereocenters. The lowest BCUT2D eigenvalue weighted by Crippen LogP contribution is -2.37. The van der Waals surface area contributed by atoms with Crippen LogP contribution in [0.2, 0.25) is 0 Å². The molecule has 24 heavy (non-hydrogen) atoms. The van der Waals surface area contributed by atoms with Crippen LogP contribution >= 0.6 is 27.3 Å². The van der Waals surface area contributed by atoms with Crippen molar-refractivity contribution in [1.82, 2.24) is 14.7 Å². The van der Waals surface area contributed by atoms with E-state index in [0.29, 0.717) is 24.9 Å². The second-order valence-electron chi connectivity index (χ2n) is 5.28. The molecule has 1 aliphatic heterocycles. The van der Waals surface area contributed by atoms with Gasteiger partial charge in [0.05, 0.1) is 29.2 Å². The summed E-state index contributed by atoms with van der Waals surface area (Å²) in [6.45, 7) is 4.76. The van der Waals surface area contributed by atoms with Crippen molar-refractivity contribution in [2.75, 3.05) is 31.2 Å². The van der Waals surface area contributed by atoms with Crippen LogP contribution < -0.4 is 9.62 Å². The van der Waals surface area contributed by atoms with E-state index in [1.807, 2.05) is 11.8 Å². The number of morpholine rings is 1. The van der Waals surface area contributed by atoms with Crippen LogP contribution in [0.25, 0.3) is 0 Å². The number of hydrogen-bond donors (Lipinski definition) is 1. The number of rotatable bonds is 5. The van der Waals surface area contributed by atoms with Crippen molar-refractivity contribution in [2.24, 2.45) is 0 Å². The molecule has 1 aliphatic rings. The maximum atomic E-state index is 12.3. The minimum atomic E-state index is -3.54. The summed E-state index contributed by atoms with van der Waals surface area (Å²) >= 11 is 4.44. The molecular formula is C14H17BrN4O3S2. The lowest BCUT2D eigenvalue weighted by Gasteiger charge is -2.27. The number of halogens is 1. The lowest BCUT2D eigenvalue weighted by molar-refractivity contribution is 0.122. The smallest absolute Gasteiger partial charge is 0.250 e. The fraction of sp³-hybridized carbons (Fsp3) is 0.429. The molecule has 0 spiro atoms. The number of anilines is 1. The Hall–Kier alpha value is -1.07. The number of sulfonamides is 1. The Bertz CT molecular complexity index is 819. The number of hydrogen-bond acceptors (Lipinski definition) is 7. The molecule has 2 aromatic heterocycles. The van der Waals surface area contributed by atoms with Crippen molar-refractivity contribution in [2.45, 2.75) is 17.7 Å². The Morgan fingerprint density at radius 3 is 2.75 bits per heavy atom. The Morgan fingerprint density at radius 2 is 2.08 bits per heavy atom.